The van der Waals surface area contributed by atoms with Crippen LogP contribution in [0, 0.1) is 5.41 Å². The highest BCUT2D eigenvalue weighted by atomic mass is 16.5. The molecule has 1 aliphatic carbocycles. The molecule has 3 N–H and O–H groups in total. The van der Waals surface area contributed by atoms with E-state index in [1.54, 1.807) is 0 Å². The molecule has 0 unspecified atom stereocenters. The van der Waals surface area contributed by atoms with Gasteiger partial charge in [-0.25, -0.2) is 4.79 Å². The van der Waals surface area contributed by atoms with Crippen molar-refractivity contribution in [2.45, 2.75) is 58.5 Å². The van der Waals surface area contributed by atoms with Gasteiger partial charge in [-0.15, -0.1) is 0 Å². The summed E-state index contributed by atoms with van der Waals surface area (Å²) < 4.78 is 5.32. The Morgan fingerprint density at radius 2 is 1.76 bits per heavy atom. The Bertz CT molecular complexity index is 337. The van der Waals surface area contributed by atoms with Gasteiger partial charge in [-0.2, -0.15) is 0 Å². The lowest BCUT2D eigenvalue weighted by atomic mass is 9.80. The van der Waals surface area contributed by atoms with Gasteiger partial charge in [-0.1, -0.05) is 25.7 Å². The van der Waals surface area contributed by atoms with Crippen LogP contribution < -0.4 is 10.6 Å². The number of carboxylic acid groups (broad SMARTS) is 1. The summed E-state index contributed by atoms with van der Waals surface area (Å²) in [6, 6.07) is -0.327. The van der Waals surface area contributed by atoms with Gasteiger partial charge in [0.15, 0.2) is 0 Å². The van der Waals surface area contributed by atoms with Crippen molar-refractivity contribution in [3.8, 4) is 0 Å². The van der Waals surface area contributed by atoms with Crippen molar-refractivity contribution in [3.63, 3.8) is 0 Å². The zero-order valence-corrected chi connectivity index (χ0v) is 13.1. The van der Waals surface area contributed by atoms with E-state index in [4.69, 9.17) is 4.74 Å². The first-order valence-corrected chi connectivity index (χ1v) is 7.83. The predicted molar refractivity (Wildman–Crippen MR) is 80.3 cm³/mol. The van der Waals surface area contributed by atoms with Crippen LogP contribution in [-0.4, -0.2) is 42.9 Å². The topological polar surface area (TPSA) is 87.7 Å². The Kier molecular flexibility index (Phi) is 7.50. The molecule has 122 valence electrons. The Morgan fingerprint density at radius 3 is 2.29 bits per heavy atom. The normalized spacial score (nSPS) is 18.0. The second kappa shape index (κ2) is 8.87. The summed E-state index contributed by atoms with van der Waals surface area (Å²) in [5, 5.41) is 14.9. The summed E-state index contributed by atoms with van der Waals surface area (Å²) in [6.07, 6.45) is 5.39. The minimum absolute atomic E-state index is 0.135. The Morgan fingerprint density at radius 1 is 1.14 bits per heavy atom. The molecule has 6 heteroatoms. The number of ether oxygens (including phenoxy) is 1. The highest BCUT2D eigenvalue weighted by Gasteiger charge is 2.38. The maximum absolute atomic E-state index is 11.7. The third kappa shape index (κ3) is 6.33. The lowest BCUT2D eigenvalue weighted by Gasteiger charge is -2.28. The van der Waals surface area contributed by atoms with Crippen LogP contribution in [0.5, 0.6) is 0 Å². The number of aliphatic carboxylic acids is 1. The number of amides is 2. The summed E-state index contributed by atoms with van der Waals surface area (Å²) in [7, 11) is 0. The fourth-order valence-electron chi connectivity index (χ4n) is 2.64. The smallest absolute Gasteiger partial charge is 0.314 e. The van der Waals surface area contributed by atoms with Crippen LogP contribution >= 0.6 is 0 Å². The molecule has 21 heavy (non-hydrogen) atoms. The molecule has 0 radical (unpaired) electrons. The van der Waals surface area contributed by atoms with Gasteiger partial charge in [-0.05, 0) is 26.7 Å². The lowest BCUT2D eigenvalue weighted by Crippen LogP contribution is -2.46. The first kappa shape index (κ1) is 17.8. The monoisotopic (exact) mass is 300 g/mol. The van der Waals surface area contributed by atoms with Gasteiger partial charge in [0.1, 0.15) is 0 Å². The number of carbonyl (C=O) groups excluding carboxylic acids is 1. The average Bonchev–Trinajstić information content (AvgIpc) is 2.67. The number of rotatable bonds is 7. The van der Waals surface area contributed by atoms with Crippen LogP contribution in [0.1, 0.15) is 52.4 Å². The van der Waals surface area contributed by atoms with Gasteiger partial charge in [0.25, 0.3) is 0 Å². The largest absolute Gasteiger partial charge is 0.481 e. The third-order valence-electron chi connectivity index (χ3n) is 3.94. The van der Waals surface area contributed by atoms with E-state index in [-0.39, 0.29) is 18.7 Å². The second-order valence-electron chi connectivity index (χ2n) is 6.03. The molecule has 0 spiro atoms. The van der Waals surface area contributed by atoms with E-state index in [1.165, 1.54) is 0 Å². The Hall–Kier alpha value is -1.30. The minimum Gasteiger partial charge on any atom is -0.481 e. The van der Waals surface area contributed by atoms with Crippen molar-refractivity contribution in [1.82, 2.24) is 10.6 Å². The van der Waals surface area contributed by atoms with Crippen LogP contribution in [0.3, 0.4) is 0 Å². The van der Waals surface area contributed by atoms with Crippen molar-refractivity contribution in [3.05, 3.63) is 0 Å². The first-order valence-electron chi connectivity index (χ1n) is 7.83. The fourth-order valence-corrected chi connectivity index (χ4v) is 2.64. The van der Waals surface area contributed by atoms with Gasteiger partial charge in [0.2, 0.25) is 0 Å². The molecule has 0 aliphatic heterocycles. The average molecular weight is 300 g/mol. The van der Waals surface area contributed by atoms with Crippen LogP contribution in [0.25, 0.3) is 0 Å². The summed E-state index contributed by atoms with van der Waals surface area (Å²) in [5.41, 5.74) is -0.803. The predicted octanol–water partition coefficient (Wildman–Crippen LogP) is 2.14. The molecule has 1 fully saturated rings. The number of carboxylic acids is 1. The van der Waals surface area contributed by atoms with Gasteiger partial charge < -0.3 is 20.5 Å². The van der Waals surface area contributed by atoms with E-state index in [2.05, 4.69) is 10.6 Å². The Labute approximate surface area is 126 Å². The van der Waals surface area contributed by atoms with Crippen LogP contribution in [0.4, 0.5) is 4.79 Å². The number of hydrogen-bond acceptors (Lipinski definition) is 3. The number of hydrogen-bond donors (Lipinski definition) is 3. The summed E-state index contributed by atoms with van der Waals surface area (Å²) >= 11 is 0. The van der Waals surface area contributed by atoms with Gasteiger partial charge in [0.05, 0.1) is 18.1 Å². The van der Waals surface area contributed by atoms with Crippen LogP contribution in [0.15, 0.2) is 0 Å². The molecule has 2 amide bonds. The molecule has 1 aliphatic rings. The summed E-state index contributed by atoms with van der Waals surface area (Å²) in [5.74, 6) is -0.798. The van der Waals surface area contributed by atoms with Crippen molar-refractivity contribution >= 4 is 12.0 Å². The second-order valence-corrected chi connectivity index (χ2v) is 6.03. The highest BCUT2D eigenvalue weighted by Crippen LogP contribution is 2.34. The number of nitrogens with one attached hydrogen (secondary N) is 2. The van der Waals surface area contributed by atoms with Crippen molar-refractivity contribution in [2.75, 3.05) is 19.7 Å². The molecular formula is C15H28N2O4. The zero-order chi connectivity index (χ0) is 15.7. The van der Waals surface area contributed by atoms with E-state index in [0.29, 0.717) is 26.0 Å². The Balaban J connectivity index is 2.35. The maximum Gasteiger partial charge on any atom is 0.314 e. The first-order chi connectivity index (χ1) is 9.96. The van der Waals surface area contributed by atoms with E-state index in [1.807, 2.05) is 13.8 Å². The third-order valence-corrected chi connectivity index (χ3v) is 3.94. The van der Waals surface area contributed by atoms with Crippen molar-refractivity contribution < 1.29 is 19.4 Å². The van der Waals surface area contributed by atoms with Gasteiger partial charge in [0, 0.05) is 13.1 Å². The molecule has 0 bridgehead atoms. The van der Waals surface area contributed by atoms with Crippen molar-refractivity contribution in [2.24, 2.45) is 5.41 Å². The summed E-state index contributed by atoms with van der Waals surface area (Å²) in [6.45, 7) is 4.93. The van der Waals surface area contributed by atoms with Crippen LogP contribution in [0.2, 0.25) is 0 Å². The molecule has 1 rings (SSSR count). The maximum atomic E-state index is 11.7. The van der Waals surface area contributed by atoms with E-state index < -0.39 is 11.4 Å². The lowest BCUT2D eigenvalue weighted by molar-refractivity contribution is -0.149. The van der Waals surface area contributed by atoms with Crippen LogP contribution in [-0.2, 0) is 9.53 Å². The summed E-state index contributed by atoms with van der Waals surface area (Å²) in [4.78, 5) is 23.3. The molecule has 0 aromatic carbocycles. The molecule has 0 aromatic heterocycles. The fraction of sp³-hybridized carbons (Fsp3) is 0.867. The molecule has 0 saturated heterocycles. The van der Waals surface area contributed by atoms with E-state index in [0.717, 1.165) is 25.7 Å². The molecule has 0 atom stereocenters. The van der Waals surface area contributed by atoms with E-state index >= 15 is 0 Å². The molecular weight excluding hydrogens is 272 g/mol. The minimum atomic E-state index is -0.803. The zero-order valence-electron chi connectivity index (χ0n) is 13.1. The van der Waals surface area contributed by atoms with Gasteiger partial charge >= 0.3 is 12.0 Å². The SMILES string of the molecule is CC(C)OCCNC(=O)NCC1(C(=O)O)CCCCCC1. The van der Waals surface area contributed by atoms with Crippen molar-refractivity contribution in [1.29, 1.82) is 0 Å². The molecule has 0 aromatic rings. The molecule has 6 nitrogen and oxygen atoms in total. The van der Waals surface area contributed by atoms with Gasteiger partial charge in [-0.3, -0.25) is 4.79 Å². The standard InChI is InChI=1S/C15H28N2O4/c1-12(2)21-10-9-16-14(20)17-11-15(13(18)19)7-5-3-4-6-8-15/h12H,3-11H2,1-2H3,(H,18,19)(H2,16,17,20). The highest BCUT2D eigenvalue weighted by molar-refractivity contribution is 5.78. The number of carbonyl (C=O) groups is 2. The van der Waals surface area contributed by atoms with E-state index in [9.17, 15) is 14.7 Å². The molecule has 1 saturated carbocycles. The molecule has 0 heterocycles. The quantitative estimate of drug-likeness (QED) is 0.496. The number of urea groups is 1.